The van der Waals surface area contributed by atoms with E-state index < -0.39 is 0 Å². The van der Waals surface area contributed by atoms with Crippen LogP contribution in [0.1, 0.15) is 34.1 Å². The normalized spacial score (nSPS) is 13.2. The molecule has 1 heterocycles. The summed E-state index contributed by atoms with van der Waals surface area (Å²) in [7, 11) is 0. The molecule has 3 heteroatoms. The van der Waals surface area contributed by atoms with E-state index in [0.717, 1.165) is 18.2 Å². The lowest BCUT2D eigenvalue weighted by Gasteiger charge is -2.15. The number of aryl methyl sites for hydroxylation is 1. The molecule has 0 radical (unpaired) electrons. The second-order valence-corrected chi connectivity index (χ2v) is 4.26. The van der Waals surface area contributed by atoms with Gasteiger partial charge in [-0.25, -0.2) is 0 Å². The van der Waals surface area contributed by atoms with Gasteiger partial charge in [-0.2, -0.15) is 5.10 Å². The summed E-state index contributed by atoms with van der Waals surface area (Å²) in [5.74, 6) is 0.735. The first kappa shape index (κ1) is 11.1. The summed E-state index contributed by atoms with van der Waals surface area (Å²) in [5, 5.41) is 7.67. The van der Waals surface area contributed by atoms with E-state index in [1.54, 1.807) is 0 Å². The molecule has 0 aliphatic heterocycles. The van der Waals surface area contributed by atoms with E-state index >= 15 is 0 Å². The molecule has 0 fully saturated rings. The Balaban J connectivity index is 2.43. The topological polar surface area (TPSA) is 29.9 Å². The third-order valence-corrected chi connectivity index (χ3v) is 2.20. The van der Waals surface area contributed by atoms with Gasteiger partial charge in [-0.3, -0.25) is 4.68 Å². The van der Waals surface area contributed by atoms with Gasteiger partial charge in [-0.15, -0.1) is 0 Å². The molecule has 1 aromatic rings. The van der Waals surface area contributed by atoms with Gasteiger partial charge in [-0.05, 0) is 26.2 Å². The summed E-state index contributed by atoms with van der Waals surface area (Å²) in [4.78, 5) is 0. The van der Waals surface area contributed by atoms with Crippen molar-refractivity contribution in [2.24, 2.45) is 5.92 Å². The molecular formula is C11H21N3. The molecule has 1 aromatic heterocycles. The number of hydrogen-bond acceptors (Lipinski definition) is 2. The molecule has 0 aromatic carbocycles. The molecule has 0 saturated heterocycles. The van der Waals surface area contributed by atoms with Gasteiger partial charge < -0.3 is 5.32 Å². The van der Waals surface area contributed by atoms with Crippen molar-refractivity contribution in [3.63, 3.8) is 0 Å². The summed E-state index contributed by atoms with van der Waals surface area (Å²) in [6.45, 7) is 9.72. The smallest absolute Gasteiger partial charge is 0.0728 e. The summed E-state index contributed by atoms with van der Waals surface area (Å²) in [6, 6.07) is 0.518. The van der Waals surface area contributed by atoms with Crippen LogP contribution in [0.4, 0.5) is 5.69 Å². The lowest BCUT2D eigenvalue weighted by Crippen LogP contribution is -2.16. The lowest BCUT2D eigenvalue weighted by atomic mass is 10.1. The monoisotopic (exact) mass is 195 g/mol. The van der Waals surface area contributed by atoms with E-state index in [9.17, 15) is 0 Å². The van der Waals surface area contributed by atoms with Crippen LogP contribution in [0, 0.1) is 5.92 Å². The molecule has 0 bridgehead atoms. The Morgan fingerprint density at radius 3 is 2.64 bits per heavy atom. The van der Waals surface area contributed by atoms with Crippen molar-refractivity contribution in [2.75, 3.05) is 5.32 Å². The van der Waals surface area contributed by atoms with Crippen molar-refractivity contribution < 1.29 is 0 Å². The minimum Gasteiger partial charge on any atom is -0.380 e. The molecule has 0 aliphatic rings. The molecule has 14 heavy (non-hydrogen) atoms. The van der Waals surface area contributed by atoms with E-state index in [-0.39, 0.29) is 0 Å². The number of rotatable bonds is 5. The summed E-state index contributed by atoms with van der Waals surface area (Å²) < 4.78 is 1.93. The summed E-state index contributed by atoms with van der Waals surface area (Å²) >= 11 is 0. The Morgan fingerprint density at radius 2 is 2.14 bits per heavy atom. The fourth-order valence-corrected chi connectivity index (χ4v) is 1.66. The van der Waals surface area contributed by atoms with Crippen LogP contribution in [0.3, 0.4) is 0 Å². The molecule has 1 unspecified atom stereocenters. The minimum absolute atomic E-state index is 0.518. The summed E-state index contributed by atoms with van der Waals surface area (Å²) in [6.07, 6.45) is 5.13. The fraction of sp³-hybridized carbons (Fsp3) is 0.727. The molecule has 1 N–H and O–H groups in total. The van der Waals surface area contributed by atoms with Crippen molar-refractivity contribution in [2.45, 2.75) is 46.7 Å². The van der Waals surface area contributed by atoms with Gasteiger partial charge in [0.25, 0.3) is 0 Å². The molecular weight excluding hydrogens is 174 g/mol. The highest BCUT2D eigenvalue weighted by molar-refractivity contribution is 5.38. The molecule has 3 nitrogen and oxygen atoms in total. The molecule has 0 amide bonds. The van der Waals surface area contributed by atoms with Crippen LogP contribution in [0.2, 0.25) is 0 Å². The fourth-order valence-electron chi connectivity index (χ4n) is 1.66. The van der Waals surface area contributed by atoms with Crippen molar-refractivity contribution in [3.8, 4) is 0 Å². The Bertz CT molecular complexity index is 265. The standard InChI is InChI=1S/C11H21N3/c1-5-14-8-11(7-12-14)13-10(4)6-9(2)3/h7-10,13H,5-6H2,1-4H3. The van der Waals surface area contributed by atoms with Gasteiger partial charge >= 0.3 is 0 Å². The highest BCUT2D eigenvalue weighted by atomic mass is 15.3. The van der Waals surface area contributed by atoms with E-state index in [2.05, 4.69) is 44.3 Å². The van der Waals surface area contributed by atoms with Crippen molar-refractivity contribution >= 4 is 5.69 Å². The van der Waals surface area contributed by atoms with Gasteiger partial charge in [-0.1, -0.05) is 13.8 Å². The first-order valence-electron chi connectivity index (χ1n) is 5.40. The third kappa shape index (κ3) is 3.40. The van der Waals surface area contributed by atoms with E-state index in [4.69, 9.17) is 0 Å². The lowest BCUT2D eigenvalue weighted by molar-refractivity contribution is 0.539. The SMILES string of the molecule is CCn1cc(NC(C)CC(C)C)cn1. The first-order chi connectivity index (χ1) is 6.61. The average molecular weight is 195 g/mol. The second-order valence-electron chi connectivity index (χ2n) is 4.26. The van der Waals surface area contributed by atoms with Crippen LogP contribution < -0.4 is 5.32 Å². The minimum atomic E-state index is 0.518. The van der Waals surface area contributed by atoms with Crippen LogP contribution in [0.15, 0.2) is 12.4 Å². The molecule has 0 aliphatic carbocycles. The first-order valence-corrected chi connectivity index (χ1v) is 5.40. The molecule has 80 valence electrons. The summed E-state index contributed by atoms with van der Waals surface area (Å²) in [5.41, 5.74) is 1.13. The van der Waals surface area contributed by atoms with E-state index in [1.165, 1.54) is 6.42 Å². The maximum Gasteiger partial charge on any atom is 0.0728 e. The highest BCUT2D eigenvalue weighted by Crippen LogP contribution is 2.11. The molecule has 1 atom stereocenters. The zero-order valence-electron chi connectivity index (χ0n) is 9.62. The van der Waals surface area contributed by atoms with Crippen molar-refractivity contribution in [1.29, 1.82) is 0 Å². The molecule has 0 saturated carbocycles. The quantitative estimate of drug-likeness (QED) is 0.783. The van der Waals surface area contributed by atoms with Crippen LogP contribution in [-0.2, 0) is 6.54 Å². The molecule has 0 spiro atoms. The number of aromatic nitrogens is 2. The van der Waals surface area contributed by atoms with Crippen LogP contribution in [0.5, 0.6) is 0 Å². The predicted molar refractivity (Wildman–Crippen MR) is 60.4 cm³/mol. The molecule has 1 rings (SSSR count). The van der Waals surface area contributed by atoms with Crippen LogP contribution in [0.25, 0.3) is 0 Å². The van der Waals surface area contributed by atoms with Gasteiger partial charge in [0.2, 0.25) is 0 Å². The predicted octanol–water partition coefficient (Wildman–Crippen LogP) is 2.75. The number of nitrogens with one attached hydrogen (secondary N) is 1. The van der Waals surface area contributed by atoms with Gasteiger partial charge in [0.15, 0.2) is 0 Å². The Labute approximate surface area is 86.5 Å². The maximum atomic E-state index is 4.22. The van der Waals surface area contributed by atoms with Crippen molar-refractivity contribution in [3.05, 3.63) is 12.4 Å². The zero-order valence-corrected chi connectivity index (χ0v) is 9.62. The second kappa shape index (κ2) is 5.03. The number of nitrogens with zero attached hydrogens (tertiary/aromatic N) is 2. The van der Waals surface area contributed by atoms with Gasteiger partial charge in [0, 0.05) is 18.8 Å². The number of anilines is 1. The van der Waals surface area contributed by atoms with Gasteiger partial charge in [0.05, 0.1) is 11.9 Å². The Hall–Kier alpha value is -0.990. The van der Waals surface area contributed by atoms with E-state index in [1.807, 2.05) is 10.9 Å². The van der Waals surface area contributed by atoms with Crippen LogP contribution in [-0.4, -0.2) is 15.8 Å². The highest BCUT2D eigenvalue weighted by Gasteiger charge is 2.05. The Kier molecular flexibility index (Phi) is 3.98. The Morgan fingerprint density at radius 1 is 1.43 bits per heavy atom. The largest absolute Gasteiger partial charge is 0.380 e. The maximum absolute atomic E-state index is 4.22. The average Bonchev–Trinajstić information content (AvgIpc) is 2.50. The zero-order chi connectivity index (χ0) is 10.6. The van der Waals surface area contributed by atoms with Gasteiger partial charge in [0.1, 0.15) is 0 Å². The van der Waals surface area contributed by atoms with Crippen LogP contribution >= 0.6 is 0 Å². The van der Waals surface area contributed by atoms with Crippen molar-refractivity contribution in [1.82, 2.24) is 9.78 Å². The third-order valence-electron chi connectivity index (χ3n) is 2.20. The number of hydrogen-bond donors (Lipinski definition) is 1. The van der Waals surface area contributed by atoms with E-state index in [0.29, 0.717) is 6.04 Å².